The molecule has 0 amide bonds. The number of anilines is 1. The molecular weight excluding hydrogens is 394 g/mol. The first-order valence-electron chi connectivity index (χ1n) is 10.4. The van der Waals surface area contributed by atoms with Gasteiger partial charge in [-0.2, -0.15) is 0 Å². The van der Waals surface area contributed by atoms with E-state index in [1.165, 1.54) is 14.8 Å². The number of hydrogen-bond acceptors (Lipinski definition) is 5. The predicted molar refractivity (Wildman–Crippen MR) is 123 cm³/mol. The zero-order chi connectivity index (χ0) is 20.8. The summed E-state index contributed by atoms with van der Waals surface area (Å²) in [6.07, 6.45) is 2.20. The van der Waals surface area contributed by atoms with Gasteiger partial charge in [0.25, 0.3) is 0 Å². The lowest BCUT2D eigenvalue weighted by Gasteiger charge is -2.31. The fraction of sp³-hybridized carbons (Fsp3) is 0.292. The van der Waals surface area contributed by atoms with E-state index in [1.54, 1.807) is 17.4 Å². The summed E-state index contributed by atoms with van der Waals surface area (Å²) in [5.74, 6) is 0.840. The Kier molecular flexibility index (Phi) is 4.66. The first-order chi connectivity index (χ1) is 14.5. The van der Waals surface area contributed by atoms with Gasteiger partial charge in [-0.3, -0.25) is 0 Å². The number of aryl methyl sites for hydroxylation is 1. The molecule has 6 heteroatoms. The quantitative estimate of drug-likeness (QED) is 0.446. The Labute approximate surface area is 179 Å². The lowest BCUT2D eigenvalue weighted by molar-refractivity contribution is 0.398. The smallest absolute Gasteiger partial charge is 0.223 e. The van der Waals surface area contributed by atoms with E-state index in [4.69, 9.17) is 4.98 Å². The summed E-state index contributed by atoms with van der Waals surface area (Å²) in [7, 11) is 0. The maximum Gasteiger partial charge on any atom is 0.223 e. The fourth-order valence-electron chi connectivity index (χ4n) is 4.12. The summed E-state index contributed by atoms with van der Waals surface area (Å²) in [4.78, 5) is 6.90. The number of aromatic hydroxyl groups is 2. The molecule has 1 saturated heterocycles. The Balaban J connectivity index is 1.45. The number of fused-ring (bicyclic) bond motifs is 1. The third-order valence-electron chi connectivity index (χ3n) is 5.98. The van der Waals surface area contributed by atoms with Crippen LogP contribution in [0, 0.1) is 12.8 Å². The van der Waals surface area contributed by atoms with Gasteiger partial charge < -0.3 is 15.1 Å². The van der Waals surface area contributed by atoms with Crippen LogP contribution in [0.4, 0.5) is 5.69 Å². The van der Waals surface area contributed by atoms with E-state index in [0.29, 0.717) is 11.6 Å². The van der Waals surface area contributed by atoms with Crippen molar-refractivity contribution < 1.29 is 10.2 Å². The minimum atomic E-state index is 0.0457. The van der Waals surface area contributed by atoms with Crippen LogP contribution >= 0.6 is 11.3 Å². The minimum absolute atomic E-state index is 0.0457. The van der Waals surface area contributed by atoms with E-state index >= 15 is 0 Å². The summed E-state index contributed by atoms with van der Waals surface area (Å²) < 4.78 is 2.68. The Morgan fingerprint density at radius 2 is 1.73 bits per heavy atom. The van der Waals surface area contributed by atoms with Crippen molar-refractivity contribution in [3.8, 4) is 28.0 Å². The molecule has 0 unspecified atom stereocenters. The van der Waals surface area contributed by atoms with E-state index in [2.05, 4.69) is 36.9 Å². The van der Waals surface area contributed by atoms with Crippen LogP contribution < -0.4 is 4.90 Å². The average molecular weight is 420 g/mol. The van der Waals surface area contributed by atoms with Gasteiger partial charge in [0.1, 0.15) is 10.7 Å². The molecule has 5 nitrogen and oxygen atoms in total. The first kappa shape index (κ1) is 19.0. The monoisotopic (exact) mass is 419 g/mol. The van der Waals surface area contributed by atoms with Gasteiger partial charge in [-0.05, 0) is 67.6 Å². The molecule has 0 atom stereocenters. The lowest BCUT2D eigenvalue weighted by atomic mass is 9.99. The van der Waals surface area contributed by atoms with E-state index in [-0.39, 0.29) is 11.8 Å². The van der Waals surface area contributed by atoms with Crippen molar-refractivity contribution in [3.05, 3.63) is 54.1 Å². The molecule has 2 N–H and O–H groups in total. The third-order valence-corrected chi connectivity index (χ3v) is 7.04. The van der Waals surface area contributed by atoms with Crippen molar-refractivity contribution in [2.24, 2.45) is 5.92 Å². The Bertz CT molecular complexity index is 1200. The molecule has 5 rings (SSSR count). The largest absolute Gasteiger partial charge is 0.494 e. The van der Waals surface area contributed by atoms with Gasteiger partial charge in [0.05, 0.1) is 15.9 Å². The number of nitrogens with zero attached hydrogens (tertiary/aromatic N) is 3. The highest BCUT2D eigenvalue weighted by Crippen LogP contribution is 2.40. The molecule has 3 heterocycles. The van der Waals surface area contributed by atoms with Crippen molar-refractivity contribution >= 4 is 27.2 Å². The van der Waals surface area contributed by atoms with E-state index in [0.717, 1.165) is 47.7 Å². The van der Waals surface area contributed by atoms with Crippen LogP contribution in [0.2, 0.25) is 0 Å². The molecule has 154 valence electrons. The number of rotatable bonds is 3. The lowest BCUT2D eigenvalue weighted by Crippen LogP contribution is -2.32. The molecule has 4 aromatic rings. The molecule has 2 aromatic heterocycles. The zero-order valence-electron chi connectivity index (χ0n) is 17.2. The maximum atomic E-state index is 10.8. The number of thiazole rings is 1. The second-order valence-electron chi connectivity index (χ2n) is 8.25. The zero-order valence-corrected chi connectivity index (χ0v) is 18.0. The Morgan fingerprint density at radius 3 is 2.47 bits per heavy atom. The van der Waals surface area contributed by atoms with Crippen LogP contribution in [-0.4, -0.2) is 32.9 Å². The van der Waals surface area contributed by atoms with E-state index in [9.17, 15) is 10.2 Å². The number of piperidine rings is 1. The Hall–Kier alpha value is -2.99. The van der Waals surface area contributed by atoms with Gasteiger partial charge in [0.2, 0.25) is 11.8 Å². The number of aromatic nitrogens is 2. The van der Waals surface area contributed by atoms with Crippen LogP contribution in [0.3, 0.4) is 0 Å². The van der Waals surface area contributed by atoms with Crippen LogP contribution in [0.1, 0.15) is 25.3 Å². The maximum absolute atomic E-state index is 10.8. The standard InChI is InChI=1S/C24H25N3O2S/c1-15-9-11-26(12-10-15)20-14-22(28)27(24(20)29)18-6-4-17(5-7-18)23-25-19-8-3-16(2)13-21(19)30-23/h3-8,13-15,28-29H,9-12H2,1-2H3. The topological polar surface area (TPSA) is 61.5 Å². The highest BCUT2D eigenvalue weighted by molar-refractivity contribution is 7.21. The summed E-state index contributed by atoms with van der Waals surface area (Å²) >= 11 is 1.67. The van der Waals surface area contributed by atoms with E-state index < -0.39 is 0 Å². The second kappa shape index (κ2) is 7.36. The molecule has 0 saturated carbocycles. The predicted octanol–water partition coefficient (Wildman–Crippen LogP) is 5.71. The van der Waals surface area contributed by atoms with Crippen LogP contribution in [0.15, 0.2) is 48.5 Å². The molecule has 0 bridgehead atoms. The summed E-state index contributed by atoms with van der Waals surface area (Å²) in [6, 6.07) is 15.7. The molecule has 0 radical (unpaired) electrons. The molecule has 0 aliphatic carbocycles. The van der Waals surface area contributed by atoms with Crippen LogP contribution in [0.25, 0.3) is 26.5 Å². The highest BCUT2D eigenvalue weighted by atomic mass is 32.1. The molecule has 1 fully saturated rings. The van der Waals surface area contributed by atoms with Gasteiger partial charge in [-0.15, -0.1) is 11.3 Å². The second-order valence-corrected chi connectivity index (χ2v) is 9.28. The van der Waals surface area contributed by atoms with Gasteiger partial charge in [-0.25, -0.2) is 9.55 Å². The summed E-state index contributed by atoms with van der Waals surface area (Å²) in [5.41, 5.74) is 4.68. The molecule has 30 heavy (non-hydrogen) atoms. The van der Waals surface area contributed by atoms with Crippen molar-refractivity contribution in [1.29, 1.82) is 0 Å². The minimum Gasteiger partial charge on any atom is -0.494 e. The van der Waals surface area contributed by atoms with Gasteiger partial charge in [-0.1, -0.05) is 13.0 Å². The van der Waals surface area contributed by atoms with Gasteiger partial charge >= 0.3 is 0 Å². The van der Waals surface area contributed by atoms with Gasteiger partial charge in [0.15, 0.2) is 0 Å². The average Bonchev–Trinajstić information content (AvgIpc) is 3.29. The fourth-order valence-corrected chi connectivity index (χ4v) is 5.19. The van der Waals surface area contributed by atoms with Crippen molar-refractivity contribution in [2.75, 3.05) is 18.0 Å². The van der Waals surface area contributed by atoms with Crippen molar-refractivity contribution in [2.45, 2.75) is 26.7 Å². The molecular formula is C24H25N3O2S. The highest BCUT2D eigenvalue weighted by Gasteiger charge is 2.23. The van der Waals surface area contributed by atoms with Crippen LogP contribution in [0.5, 0.6) is 11.8 Å². The van der Waals surface area contributed by atoms with Crippen molar-refractivity contribution in [3.63, 3.8) is 0 Å². The molecule has 2 aromatic carbocycles. The normalized spacial score (nSPS) is 15.2. The Morgan fingerprint density at radius 1 is 1.00 bits per heavy atom. The molecule has 1 aliphatic rings. The van der Waals surface area contributed by atoms with E-state index in [1.807, 2.05) is 24.3 Å². The third kappa shape index (κ3) is 3.31. The summed E-state index contributed by atoms with van der Waals surface area (Å²) in [5, 5.41) is 22.3. The molecule has 1 aliphatic heterocycles. The van der Waals surface area contributed by atoms with Crippen molar-refractivity contribution in [1.82, 2.24) is 9.55 Å². The van der Waals surface area contributed by atoms with Gasteiger partial charge in [0, 0.05) is 24.7 Å². The molecule has 0 spiro atoms. The number of hydrogen-bond donors (Lipinski definition) is 2. The first-order valence-corrected chi connectivity index (χ1v) is 11.2. The number of benzene rings is 2. The SMILES string of the molecule is Cc1ccc2nc(-c3ccc(-n4c(O)cc(N5CCC(C)CC5)c4O)cc3)sc2c1. The summed E-state index contributed by atoms with van der Waals surface area (Å²) in [6.45, 7) is 6.14. The van der Waals surface area contributed by atoms with Crippen LogP contribution in [-0.2, 0) is 0 Å².